The lowest BCUT2D eigenvalue weighted by atomic mass is 10.3. The van der Waals surface area contributed by atoms with Crippen molar-refractivity contribution in [3.05, 3.63) is 45.9 Å². The number of aromatic carboxylic acids is 1. The molecule has 1 amide bonds. The number of nitrogens with zero attached hydrogens (tertiary/aromatic N) is 2. The Bertz CT molecular complexity index is 629. The van der Waals surface area contributed by atoms with Gasteiger partial charge in [-0.3, -0.25) is 4.79 Å². The van der Waals surface area contributed by atoms with Crippen LogP contribution in [0.1, 0.15) is 26.0 Å². The van der Waals surface area contributed by atoms with Crippen LogP contribution < -0.4 is 5.32 Å². The van der Waals surface area contributed by atoms with Gasteiger partial charge in [-0.15, -0.1) is 11.3 Å². The molecule has 2 N–H and O–H groups in total. The molecule has 0 bridgehead atoms. The van der Waals surface area contributed by atoms with Gasteiger partial charge in [-0.25, -0.2) is 14.8 Å². The summed E-state index contributed by atoms with van der Waals surface area (Å²) in [7, 11) is 0. The standard InChI is InChI=1S/C11H8FN3O3S/c12-8-3-1-2-6(14-8)10(16)13-4-9-15-7(5-19-9)11(17)18/h1-3,5H,4H2,(H,13,16)(H,17,18). The van der Waals surface area contributed by atoms with Crippen LogP contribution in [0.25, 0.3) is 0 Å². The number of aromatic nitrogens is 2. The summed E-state index contributed by atoms with van der Waals surface area (Å²) in [6.45, 7) is 0.0645. The molecule has 2 rings (SSSR count). The van der Waals surface area contributed by atoms with Gasteiger partial charge in [-0.2, -0.15) is 4.39 Å². The molecule has 0 radical (unpaired) electrons. The van der Waals surface area contributed by atoms with Crippen LogP contribution in [0, 0.1) is 5.95 Å². The third-order valence-corrected chi connectivity index (χ3v) is 2.97. The second-order valence-corrected chi connectivity index (χ2v) is 4.40. The molecule has 0 saturated carbocycles. The highest BCUT2D eigenvalue weighted by atomic mass is 32.1. The fourth-order valence-electron chi connectivity index (χ4n) is 1.27. The fraction of sp³-hybridized carbons (Fsp3) is 0.0909. The first-order valence-electron chi connectivity index (χ1n) is 5.14. The Hall–Kier alpha value is -2.35. The number of pyridine rings is 1. The molecule has 0 aliphatic carbocycles. The number of carboxylic acids is 1. The Morgan fingerprint density at radius 3 is 2.74 bits per heavy atom. The van der Waals surface area contributed by atoms with E-state index in [9.17, 15) is 14.0 Å². The average molecular weight is 281 g/mol. The zero-order valence-corrected chi connectivity index (χ0v) is 10.3. The predicted octanol–water partition coefficient (Wildman–Crippen LogP) is 1.31. The molecule has 2 aromatic heterocycles. The minimum Gasteiger partial charge on any atom is -0.476 e. The second-order valence-electron chi connectivity index (χ2n) is 3.46. The SMILES string of the molecule is O=C(O)c1csc(CNC(=O)c2cccc(F)n2)n1. The van der Waals surface area contributed by atoms with Crippen LogP contribution in [0.2, 0.25) is 0 Å². The van der Waals surface area contributed by atoms with Gasteiger partial charge in [-0.05, 0) is 12.1 Å². The van der Waals surface area contributed by atoms with Crippen molar-refractivity contribution in [1.29, 1.82) is 0 Å². The van der Waals surface area contributed by atoms with Crippen molar-refractivity contribution in [2.45, 2.75) is 6.54 Å². The average Bonchev–Trinajstić information content (AvgIpc) is 2.85. The Balaban J connectivity index is 1.98. The van der Waals surface area contributed by atoms with Crippen LogP contribution in [-0.2, 0) is 6.54 Å². The minimum atomic E-state index is -1.12. The number of carbonyl (C=O) groups excluding carboxylic acids is 1. The van der Waals surface area contributed by atoms with Gasteiger partial charge in [0.1, 0.15) is 10.7 Å². The van der Waals surface area contributed by atoms with Gasteiger partial charge < -0.3 is 10.4 Å². The van der Waals surface area contributed by atoms with Crippen molar-refractivity contribution in [3.8, 4) is 0 Å². The number of carboxylic acid groups (broad SMARTS) is 1. The molecule has 0 aliphatic rings. The molecule has 6 nitrogen and oxygen atoms in total. The first-order chi connectivity index (χ1) is 9.06. The van der Waals surface area contributed by atoms with Gasteiger partial charge in [0, 0.05) is 5.38 Å². The highest BCUT2D eigenvalue weighted by molar-refractivity contribution is 7.09. The summed E-state index contributed by atoms with van der Waals surface area (Å²) >= 11 is 1.12. The Labute approximate surface area is 110 Å². The van der Waals surface area contributed by atoms with Crippen molar-refractivity contribution < 1.29 is 19.1 Å². The van der Waals surface area contributed by atoms with E-state index >= 15 is 0 Å². The van der Waals surface area contributed by atoms with Crippen LogP contribution in [-0.4, -0.2) is 27.0 Å². The molecule has 0 unspecified atom stereocenters. The molecule has 2 aromatic rings. The van der Waals surface area contributed by atoms with E-state index in [-0.39, 0.29) is 17.9 Å². The Morgan fingerprint density at radius 1 is 1.32 bits per heavy atom. The summed E-state index contributed by atoms with van der Waals surface area (Å²) in [5, 5.41) is 13.0. The minimum absolute atomic E-state index is 0.0463. The first kappa shape index (κ1) is 13.1. The fourth-order valence-corrected chi connectivity index (χ4v) is 1.98. The van der Waals surface area contributed by atoms with E-state index in [2.05, 4.69) is 15.3 Å². The zero-order valence-electron chi connectivity index (χ0n) is 9.46. The molecule has 0 aliphatic heterocycles. The number of hydrogen-bond acceptors (Lipinski definition) is 5. The highest BCUT2D eigenvalue weighted by Gasteiger charge is 2.11. The molecule has 0 atom stereocenters. The molecular formula is C11H8FN3O3S. The number of thiazole rings is 1. The lowest BCUT2D eigenvalue weighted by molar-refractivity contribution is 0.0691. The van der Waals surface area contributed by atoms with Gasteiger partial charge >= 0.3 is 5.97 Å². The molecule has 0 saturated heterocycles. The van der Waals surface area contributed by atoms with E-state index in [1.165, 1.54) is 17.5 Å². The summed E-state index contributed by atoms with van der Waals surface area (Å²) in [6.07, 6.45) is 0. The van der Waals surface area contributed by atoms with E-state index < -0.39 is 17.8 Å². The van der Waals surface area contributed by atoms with E-state index in [4.69, 9.17) is 5.11 Å². The Morgan fingerprint density at radius 2 is 2.11 bits per heavy atom. The molecule has 2 heterocycles. The third-order valence-electron chi connectivity index (χ3n) is 2.12. The van der Waals surface area contributed by atoms with Crippen molar-refractivity contribution in [2.75, 3.05) is 0 Å². The maximum absolute atomic E-state index is 12.8. The largest absolute Gasteiger partial charge is 0.476 e. The van der Waals surface area contributed by atoms with E-state index in [1.54, 1.807) is 0 Å². The summed E-state index contributed by atoms with van der Waals surface area (Å²) in [4.78, 5) is 29.5. The first-order valence-corrected chi connectivity index (χ1v) is 6.02. The molecule has 19 heavy (non-hydrogen) atoms. The second kappa shape index (κ2) is 5.53. The molecular weight excluding hydrogens is 273 g/mol. The summed E-state index contributed by atoms with van der Waals surface area (Å²) in [5.41, 5.74) is -0.117. The van der Waals surface area contributed by atoms with Crippen LogP contribution in [0.5, 0.6) is 0 Å². The normalized spacial score (nSPS) is 10.2. The summed E-state index contributed by atoms with van der Waals surface area (Å²) < 4.78 is 12.8. The number of nitrogens with one attached hydrogen (secondary N) is 1. The topological polar surface area (TPSA) is 92.2 Å². The lowest BCUT2D eigenvalue weighted by Crippen LogP contribution is -2.24. The van der Waals surface area contributed by atoms with Crippen molar-refractivity contribution in [2.24, 2.45) is 0 Å². The monoisotopic (exact) mass is 281 g/mol. The maximum atomic E-state index is 12.8. The van der Waals surface area contributed by atoms with Gasteiger partial charge in [-0.1, -0.05) is 6.07 Å². The molecule has 98 valence electrons. The molecule has 0 aromatic carbocycles. The van der Waals surface area contributed by atoms with Crippen molar-refractivity contribution in [1.82, 2.24) is 15.3 Å². The predicted molar refractivity (Wildman–Crippen MR) is 64.4 cm³/mol. The number of carbonyl (C=O) groups is 2. The van der Waals surface area contributed by atoms with Crippen molar-refractivity contribution >= 4 is 23.2 Å². The summed E-state index contributed by atoms with van der Waals surface area (Å²) in [5.74, 6) is -2.41. The van der Waals surface area contributed by atoms with Crippen LogP contribution in [0.3, 0.4) is 0 Å². The van der Waals surface area contributed by atoms with Crippen LogP contribution in [0.15, 0.2) is 23.6 Å². The number of rotatable bonds is 4. The third kappa shape index (κ3) is 3.32. The lowest BCUT2D eigenvalue weighted by Gasteiger charge is -2.01. The van der Waals surface area contributed by atoms with E-state index in [0.29, 0.717) is 5.01 Å². The zero-order chi connectivity index (χ0) is 13.8. The quantitative estimate of drug-likeness (QED) is 0.824. The van der Waals surface area contributed by atoms with Gasteiger partial charge in [0.2, 0.25) is 5.95 Å². The van der Waals surface area contributed by atoms with Gasteiger partial charge in [0.05, 0.1) is 6.54 Å². The van der Waals surface area contributed by atoms with Crippen LogP contribution in [0.4, 0.5) is 4.39 Å². The smallest absolute Gasteiger partial charge is 0.355 e. The van der Waals surface area contributed by atoms with Crippen molar-refractivity contribution in [3.63, 3.8) is 0 Å². The van der Waals surface area contributed by atoms with E-state index in [0.717, 1.165) is 17.4 Å². The molecule has 0 fully saturated rings. The Kier molecular flexibility index (Phi) is 3.81. The van der Waals surface area contributed by atoms with Gasteiger partial charge in [0.15, 0.2) is 5.69 Å². The molecule has 0 spiro atoms. The van der Waals surface area contributed by atoms with E-state index in [1.807, 2.05) is 0 Å². The highest BCUT2D eigenvalue weighted by Crippen LogP contribution is 2.09. The van der Waals surface area contributed by atoms with Gasteiger partial charge in [0.25, 0.3) is 5.91 Å². The number of amides is 1. The number of hydrogen-bond donors (Lipinski definition) is 2. The number of halogens is 1. The maximum Gasteiger partial charge on any atom is 0.355 e. The van der Waals surface area contributed by atoms with Crippen LogP contribution >= 0.6 is 11.3 Å². The molecule has 8 heteroatoms. The summed E-state index contributed by atoms with van der Waals surface area (Å²) in [6, 6.07) is 3.89.